The second kappa shape index (κ2) is 8.58. The number of carbonyl (C=O) groups excluding carboxylic acids is 2. The largest absolute Gasteiger partial charge is 0.478 e. The Kier molecular flexibility index (Phi) is 5.51. The Labute approximate surface area is 183 Å². The second-order valence-corrected chi connectivity index (χ2v) is 7.16. The number of aromatic carboxylic acids is 1. The normalized spacial score (nSPS) is 13.8. The third-order valence-electron chi connectivity index (χ3n) is 5.11. The zero-order valence-electron chi connectivity index (χ0n) is 16.8. The van der Waals surface area contributed by atoms with Gasteiger partial charge in [0.1, 0.15) is 0 Å². The van der Waals surface area contributed by atoms with Crippen molar-refractivity contribution >= 4 is 29.0 Å². The summed E-state index contributed by atoms with van der Waals surface area (Å²) in [5.74, 6) is -2.01. The van der Waals surface area contributed by atoms with Gasteiger partial charge < -0.3 is 10.4 Å². The lowest BCUT2D eigenvalue weighted by Crippen LogP contribution is -2.36. The minimum absolute atomic E-state index is 0.173. The van der Waals surface area contributed by atoms with E-state index in [0.717, 1.165) is 22.4 Å². The summed E-state index contributed by atoms with van der Waals surface area (Å²) in [6.07, 6.45) is 1.85. The molecule has 0 fully saturated rings. The first-order valence-corrected chi connectivity index (χ1v) is 9.72. The van der Waals surface area contributed by atoms with Crippen molar-refractivity contribution in [3.05, 3.63) is 95.2 Å². The Balaban J connectivity index is 1.68. The highest BCUT2D eigenvalue weighted by Gasteiger charge is 2.27. The van der Waals surface area contributed by atoms with Crippen molar-refractivity contribution in [2.24, 2.45) is 0 Å². The van der Waals surface area contributed by atoms with E-state index in [4.69, 9.17) is 10.4 Å². The summed E-state index contributed by atoms with van der Waals surface area (Å²) in [6, 6.07) is 20.8. The summed E-state index contributed by atoms with van der Waals surface area (Å²) in [5, 5.41) is 23.3. The fraction of sp³-hybridized carbons (Fsp3) is 0.0400. The molecule has 156 valence electrons. The molecule has 0 bridgehead atoms. The van der Waals surface area contributed by atoms with Crippen molar-refractivity contribution < 1.29 is 19.5 Å². The third kappa shape index (κ3) is 4.11. The number of nitrogens with one attached hydrogen (secondary N) is 2. The minimum atomic E-state index is -1.01. The number of benzene rings is 3. The van der Waals surface area contributed by atoms with Gasteiger partial charge in [-0.15, -0.1) is 0 Å². The number of rotatable bonds is 5. The van der Waals surface area contributed by atoms with Crippen LogP contribution < -0.4 is 10.6 Å². The number of fused-ring (bicyclic) bond motifs is 1. The lowest BCUT2D eigenvalue weighted by atomic mass is 9.91. The van der Waals surface area contributed by atoms with Gasteiger partial charge in [-0.05, 0) is 53.1 Å². The summed E-state index contributed by atoms with van der Waals surface area (Å²) < 4.78 is 0. The zero-order chi connectivity index (χ0) is 22.7. The molecular weight excluding hydrogens is 406 g/mol. The Bertz CT molecular complexity index is 1300. The van der Waals surface area contributed by atoms with Crippen LogP contribution in [0.25, 0.3) is 16.7 Å². The topological polar surface area (TPSA) is 119 Å². The van der Waals surface area contributed by atoms with E-state index in [1.165, 1.54) is 18.3 Å². The summed E-state index contributed by atoms with van der Waals surface area (Å²) in [5.41, 5.74) is 4.43. The van der Waals surface area contributed by atoms with Gasteiger partial charge in [0.25, 0.3) is 11.8 Å². The highest BCUT2D eigenvalue weighted by molar-refractivity contribution is 6.31. The van der Waals surface area contributed by atoms with E-state index in [-0.39, 0.29) is 5.56 Å². The van der Waals surface area contributed by atoms with Crippen LogP contribution in [0, 0.1) is 11.3 Å². The fourth-order valence-electron chi connectivity index (χ4n) is 3.42. The van der Waals surface area contributed by atoms with Gasteiger partial charge >= 0.3 is 5.97 Å². The lowest BCUT2D eigenvalue weighted by Gasteiger charge is -2.19. The number of hydrogen-bond acceptors (Lipinski definition) is 5. The molecular formula is C25H17N3O4. The maximum absolute atomic E-state index is 12.6. The molecule has 0 aliphatic carbocycles. The first-order valence-electron chi connectivity index (χ1n) is 9.72. The Morgan fingerprint density at radius 2 is 1.62 bits per heavy atom. The maximum atomic E-state index is 12.6. The van der Waals surface area contributed by atoms with Gasteiger partial charge in [0.15, 0.2) is 0 Å². The van der Waals surface area contributed by atoms with Crippen molar-refractivity contribution in [3.63, 3.8) is 0 Å². The van der Waals surface area contributed by atoms with Crippen LogP contribution in [0.15, 0.2) is 72.9 Å². The number of nitriles is 1. The predicted octanol–water partition coefficient (Wildman–Crippen LogP) is 3.84. The average molecular weight is 423 g/mol. The van der Waals surface area contributed by atoms with Gasteiger partial charge in [0.2, 0.25) is 0 Å². The smallest absolute Gasteiger partial charge is 0.335 e. The molecule has 0 aromatic heterocycles. The van der Waals surface area contributed by atoms with E-state index in [0.29, 0.717) is 23.1 Å². The maximum Gasteiger partial charge on any atom is 0.335 e. The highest BCUT2D eigenvalue weighted by Crippen LogP contribution is 2.30. The van der Waals surface area contributed by atoms with E-state index < -0.39 is 17.8 Å². The Morgan fingerprint density at radius 3 is 2.28 bits per heavy atom. The quantitative estimate of drug-likeness (QED) is 0.424. The highest BCUT2D eigenvalue weighted by atomic mass is 16.4. The zero-order valence-corrected chi connectivity index (χ0v) is 16.8. The standard InChI is InChI=1S/C25H17N3O4/c26-12-11-15-1-8-19(9-2-15)27-14-22-21-13-18(7-10-20(21)23(29)28-24(22)30)16-3-5-17(6-4-16)25(31)32/h1-10,13-14,27H,11H2,(H,31,32)(H,28,29,30). The molecule has 3 aromatic carbocycles. The van der Waals surface area contributed by atoms with E-state index >= 15 is 0 Å². The lowest BCUT2D eigenvalue weighted by molar-refractivity contribution is -0.114. The third-order valence-corrected chi connectivity index (χ3v) is 5.11. The molecule has 1 heterocycles. The molecule has 0 saturated heterocycles. The molecule has 0 unspecified atom stereocenters. The van der Waals surface area contributed by atoms with Crippen molar-refractivity contribution in [2.75, 3.05) is 5.32 Å². The van der Waals surface area contributed by atoms with Gasteiger partial charge in [-0.1, -0.05) is 30.3 Å². The van der Waals surface area contributed by atoms with Crippen LogP contribution >= 0.6 is 0 Å². The summed E-state index contributed by atoms with van der Waals surface area (Å²) in [7, 11) is 0. The Hall–Kier alpha value is -4.70. The first-order chi connectivity index (χ1) is 15.5. The predicted molar refractivity (Wildman–Crippen MR) is 119 cm³/mol. The SMILES string of the molecule is N#CCc1ccc(NC=C2C(=O)NC(=O)c3ccc(-c4ccc(C(=O)O)cc4)cc32)cc1. The van der Waals surface area contributed by atoms with Crippen molar-refractivity contribution in [2.45, 2.75) is 6.42 Å². The van der Waals surface area contributed by atoms with Gasteiger partial charge in [0.05, 0.1) is 23.6 Å². The van der Waals surface area contributed by atoms with Gasteiger partial charge in [-0.25, -0.2) is 4.79 Å². The van der Waals surface area contributed by atoms with Gasteiger partial charge in [-0.2, -0.15) is 5.26 Å². The van der Waals surface area contributed by atoms with Crippen LogP contribution in [0.1, 0.15) is 31.8 Å². The number of hydrogen-bond donors (Lipinski definition) is 3. The number of nitrogens with zero attached hydrogens (tertiary/aromatic N) is 1. The number of amides is 2. The monoisotopic (exact) mass is 423 g/mol. The molecule has 7 heteroatoms. The van der Waals surface area contributed by atoms with E-state index in [2.05, 4.69) is 16.7 Å². The van der Waals surface area contributed by atoms with Crippen LogP contribution in [0.2, 0.25) is 0 Å². The van der Waals surface area contributed by atoms with Gasteiger partial charge in [0, 0.05) is 23.0 Å². The molecule has 7 nitrogen and oxygen atoms in total. The van der Waals surface area contributed by atoms with E-state index in [1.54, 1.807) is 42.5 Å². The van der Waals surface area contributed by atoms with E-state index in [9.17, 15) is 14.4 Å². The first kappa shape index (κ1) is 20.6. The summed E-state index contributed by atoms with van der Waals surface area (Å²) in [4.78, 5) is 35.9. The summed E-state index contributed by atoms with van der Waals surface area (Å²) in [6.45, 7) is 0. The average Bonchev–Trinajstić information content (AvgIpc) is 2.80. The van der Waals surface area contributed by atoms with Crippen molar-refractivity contribution in [1.29, 1.82) is 5.26 Å². The van der Waals surface area contributed by atoms with E-state index in [1.807, 2.05) is 12.1 Å². The van der Waals surface area contributed by atoms with Crippen LogP contribution in [0.3, 0.4) is 0 Å². The van der Waals surface area contributed by atoms with Crippen LogP contribution in [-0.2, 0) is 11.2 Å². The Morgan fingerprint density at radius 1 is 0.938 bits per heavy atom. The number of carbonyl (C=O) groups is 3. The molecule has 1 aliphatic rings. The van der Waals surface area contributed by atoms with Crippen LogP contribution in [0.4, 0.5) is 5.69 Å². The molecule has 4 rings (SSSR count). The molecule has 3 N–H and O–H groups in total. The molecule has 3 aromatic rings. The summed E-state index contributed by atoms with van der Waals surface area (Å²) >= 11 is 0. The molecule has 0 atom stereocenters. The number of imide groups is 1. The minimum Gasteiger partial charge on any atom is -0.478 e. The van der Waals surface area contributed by atoms with Crippen molar-refractivity contribution in [1.82, 2.24) is 5.32 Å². The molecule has 0 radical (unpaired) electrons. The van der Waals surface area contributed by atoms with Crippen LogP contribution in [-0.4, -0.2) is 22.9 Å². The fourth-order valence-corrected chi connectivity index (χ4v) is 3.42. The van der Waals surface area contributed by atoms with Crippen molar-refractivity contribution in [3.8, 4) is 17.2 Å². The number of anilines is 1. The van der Waals surface area contributed by atoms with Crippen LogP contribution in [0.5, 0.6) is 0 Å². The molecule has 32 heavy (non-hydrogen) atoms. The molecule has 0 spiro atoms. The molecule has 2 amide bonds. The number of carboxylic acid groups (broad SMARTS) is 1. The van der Waals surface area contributed by atoms with Gasteiger partial charge in [-0.3, -0.25) is 14.9 Å². The molecule has 0 saturated carbocycles. The number of carboxylic acids is 1. The second-order valence-electron chi connectivity index (χ2n) is 7.16. The molecule has 1 aliphatic heterocycles.